The highest BCUT2D eigenvalue weighted by Crippen LogP contribution is 2.29. The van der Waals surface area contributed by atoms with Gasteiger partial charge in [-0.2, -0.15) is 0 Å². The zero-order valence-electron chi connectivity index (χ0n) is 23.3. The molecule has 6 rings (SSSR count). The number of nitrogens with one attached hydrogen (secondary N) is 2. The number of rotatable bonds is 8. The number of anilines is 2. The maximum atomic E-state index is 13.5. The summed E-state index contributed by atoms with van der Waals surface area (Å²) in [4.78, 5) is 42.2. The number of carbonyl (C=O) groups is 3. The van der Waals surface area contributed by atoms with Gasteiger partial charge in [0.25, 0.3) is 11.8 Å². The van der Waals surface area contributed by atoms with Crippen molar-refractivity contribution in [2.45, 2.75) is 11.3 Å². The van der Waals surface area contributed by atoms with E-state index in [9.17, 15) is 14.4 Å². The molecule has 0 unspecified atom stereocenters. The fourth-order valence-electron chi connectivity index (χ4n) is 5.13. The van der Waals surface area contributed by atoms with Crippen LogP contribution in [0.5, 0.6) is 0 Å². The molecule has 0 saturated carbocycles. The van der Waals surface area contributed by atoms with Crippen molar-refractivity contribution in [3.05, 3.63) is 144 Å². The van der Waals surface area contributed by atoms with Crippen molar-refractivity contribution in [1.82, 2.24) is 5.32 Å². The minimum Gasteiger partial charge on any atom is -0.321 e. The highest BCUT2D eigenvalue weighted by atomic mass is 32.2. The van der Waals surface area contributed by atoms with Crippen LogP contribution in [-0.2, 0) is 16.0 Å². The molecule has 6 nitrogen and oxygen atoms in total. The topological polar surface area (TPSA) is 78.5 Å². The Morgan fingerprint density at radius 1 is 0.767 bits per heavy atom. The van der Waals surface area contributed by atoms with Crippen molar-refractivity contribution >= 4 is 57.7 Å². The van der Waals surface area contributed by atoms with E-state index < -0.39 is 5.91 Å². The van der Waals surface area contributed by atoms with Gasteiger partial charge in [0.05, 0.1) is 5.75 Å². The molecule has 0 radical (unpaired) electrons. The molecular formula is C36H29N3O3S. The molecule has 5 aromatic rings. The highest BCUT2D eigenvalue weighted by molar-refractivity contribution is 8.00. The van der Waals surface area contributed by atoms with Crippen LogP contribution in [0.3, 0.4) is 0 Å². The van der Waals surface area contributed by atoms with Crippen LogP contribution in [0.4, 0.5) is 11.4 Å². The molecule has 3 amide bonds. The van der Waals surface area contributed by atoms with E-state index in [1.165, 1.54) is 17.3 Å². The minimum absolute atomic E-state index is 0.0738. The van der Waals surface area contributed by atoms with E-state index >= 15 is 0 Å². The molecule has 0 fully saturated rings. The lowest BCUT2D eigenvalue weighted by molar-refractivity contribution is -0.116. The zero-order valence-corrected chi connectivity index (χ0v) is 24.1. The molecule has 0 aromatic heterocycles. The highest BCUT2D eigenvalue weighted by Gasteiger charge is 2.24. The third-order valence-electron chi connectivity index (χ3n) is 7.31. The second-order valence-electron chi connectivity index (χ2n) is 10.1. The van der Waals surface area contributed by atoms with Gasteiger partial charge < -0.3 is 15.5 Å². The first kappa shape index (κ1) is 28.0. The molecule has 1 heterocycles. The van der Waals surface area contributed by atoms with Gasteiger partial charge in [-0.15, -0.1) is 11.8 Å². The summed E-state index contributed by atoms with van der Waals surface area (Å²) < 4.78 is 0. The fourth-order valence-corrected chi connectivity index (χ4v) is 5.90. The number of hydrogen-bond acceptors (Lipinski definition) is 4. The van der Waals surface area contributed by atoms with Gasteiger partial charge >= 0.3 is 0 Å². The van der Waals surface area contributed by atoms with Crippen LogP contribution in [0.2, 0.25) is 0 Å². The maximum absolute atomic E-state index is 13.5. The zero-order chi connectivity index (χ0) is 29.6. The Morgan fingerprint density at radius 3 is 2.33 bits per heavy atom. The average molecular weight is 584 g/mol. The summed E-state index contributed by atoms with van der Waals surface area (Å²) >= 11 is 1.46. The van der Waals surface area contributed by atoms with Crippen LogP contribution in [-0.4, -0.2) is 30.0 Å². The van der Waals surface area contributed by atoms with Crippen molar-refractivity contribution < 1.29 is 14.4 Å². The van der Waals surface area contributed by atoms with Crippen molar-refractivity contribution in [3.63, 3.8) is 0 Å². The maximum Gasteiger partial charge on any atom is 0.272 e. The van der Waals surface area contributed by atoms with E-state index in [-0.39, 0.29) is 17.5 Å². The summed E-state index contributed by atoms with van der Waals surface area (Å²) in [7, 11) is 0. The third kappa shape index (κ3) is 6.52. The van der Waals surface area contributed by atoms with Gasteiger partial charge in [-0.1, -0.05) is 78.9 Å². The van der Waals surface area contributed by atoms with Crippen LogP contribution < -0.4 is 15.5 Å². The van der Waals surface area contributed by atoms with Gasteiger partial charge in [0, 0.05) is 28.4 Å². The Hall–Kier alpha value is -5.14. The largest absolute Gasteiger partial charge is 0.321 e. The number of benzene rings is 5. The Kier molecular flexibility index (Phi) is 8.33. The quantitative estimate of drug-likeness (QED) is 0.153. The predicted octanol–water partition coefficient (Wildman–Crippen LogP) is 6.93. The molecule has 0 atom stereocenters. The smallest absolute Gasteiger partial charge is 0.272 e. The summed E-state index contributed by atoms with van der Waals surface area (Å²) in [6.07, 6.45) is 2.58. The average Bonchev–Trinajstić information content (AvgIpc) is 3.49. The second kappa shape index (κ2) is 12.8. The molecule has 212 valence electrons. The first-order valence-corrected chi connectivity index (χ1v) is 15.0. The predicted molar refractivity (Wildman–Crippen MR) is 174 cm³/mol. The fraction of sp³-hybridized carbons (Fsp3) is 0.0833. The molecule has 0 aliphatic carbocycles. The van der Waals surface area contributed by atoms with E-state index in [2.05, 4.69) is 16.7 Å². The van der Waals surface area contributed by atoms with E-state index in [4.69, 9.17) is 0 Å². The molecule has 0 bridgehead atoms. The molecule has 5 aromatic carbocycles. The Morgan fingerprint density at radius 2 is 1.49 bits per heavy atom. The van der Waals surface area contributed by atoms with Gasteiger partial charge in [0.2, 0.25) is 5.91 Å². The standard InChI is InChI=1S/C36H29N3O3S/c40-34(39-22-21-26-10-5-7-16-33(26)39)24-43-30-19-17-29(18-20-30)37-36(42)32(38-35(41)27-11-2-1-3-12-27)23-28-14-8-13-25-9-4-6-15-31(25)28/h1-20,23H,21-22,24H2,(H,37,42)(H,38,41)/b32-23-. The summed E-state index contributed by atoms with van der Waals surface area (Å²) in [5, 5.41) is 7.72. The Labute approximate surface area is 254 Å². The van der Waals surface area contributed by atoms with E-state index in [1.54, 1.807) is 42.5 Å². The SMILES string of the molecule is O=C(Nc1ccc(SCC(=O)N2CCc3ccccc32)cc1)/C(=C/c1cccc2ccccc12)NC(=O)c1ccccc1. The van der Waals surface area contributed by atoms with Gasteiger partial charge in [-0.05, 0) is 76.9 Å². The number of thioether (sulfide) groups is 1. The van der Waals surface area contributed by atoms with Crippen molar-refractivity contribution in [2.24, 2.45) is 0 Å². The number of carbonyl (C=O) groups excluding carboxylic acids is 3. The van der Waals surface area contributed by atoms with Crippen molar-refractivity contribution in [3.8, 4) is 0 Å². The molecule has 2 N–H and O–H groups in total. The third-order valence-corrected chi connectivity index (χ3v) is 8.31. The molecule has 1 aliphatic heterocycles. The summed E-state index contributed by atoms with van der Waals surface area (Å²) in [6.45, 7) is 0.707. The lowest BCUT2D eigenvalue weighted by Crippen LogP contribution is -2.30. The molecule has 7 heteroatoms. The van der Waals surface area contributed by atoms with Crippen molar-refractivity contribution in [1.29, 1.82) is 0 Å². The minimum atomic E-state index is -0.444. The van der Waals surface area contributed by atoms with Crippen LogP contribution >= 0.6 is 11.8 Å². The van der Waals surface area contributed by atoms with Crippen LogP contribution in [0.15, 0.2) is 132 Å². The van der Waals surface area contributed by atoms with Gasteiger partial charge in [0.1, 0.15) is 5.70 Å². The molecule has 0 spiro atoms. The first-order chi connectivity index (χ1) is 21.0. The van der Waals surface area contributed by atoms with Crippen LogP contribution in [0.1, 0.15) is 21.5 Å². The Balaban J connectivity index is 1.16. The number of hydrogen-bond donors (Lipinski definition) is 2. The lowest BCUT2D eigenvalue weighted by Gasteiger charge is -2.17. The molecular weight excluding hydrogens is 554 g/mol. The van der Waals surface area contributed by atoms with Gasteiger partial charge in [-0.25, -0.2) is 0 Å². The van der Waals surface area contributed by atoms with E-state index in [1.807, 2.05) is 83.8 Å². The molecule has 1 aliphatic rings. The summed E-state index contributed by atoms with van der Waals surface area (Å²) in [6, 6.07) is 37.9. The number of para-hydroxylation sites is 1. The molecule has 43 heavy (non-hydrogen) atoms. The summed E-state index contributed by atoms with van der Waals surface area (Å²) in [5.74, 6) is -0.423. The van der Waals surface area contributed by atoms with Crippen LogP contribution in [0.25, 0.3) is 16.8 Å². The second-order valence-corrected chi connectivity index (χ2v) is 11.2. The monoisotopic (exact) mass is 583 g/mol. The van der Waals surface area contributed by atoms with Gasteiger partial charge in [-0.3, -0.25) is 14.4 Å². The summed E-state index contributed by atoms with van der Waals surface area (Å²) in [5.41, 5.74) is 4.17. The van der Waals surface area contributed by atoms with Crippen LogP contribution in [0, 0.1) is 0 Å². The van der Waals surface area contributed by atoms with E-state index in [0.717, 1.165) is 33.3 Å². The lowest BCUT2D eigenvalue weighted by atomic mass is 10.0. The van der Waals surface area contributed by atoms with Gasteiger partial charge in [0.15, 0.2) is 0 Å². The normalized spacial score (nSPS) is 12.6. The number of nitrogens with zero attached hydrogens (tertiary/aromatic N) is 1. The molecule has 0 saturated heterocycles. The van der Waals surface area contributed by atoms with Crippen molar-refractivity contribution in [2.75, 3.05) is 22.5 Å². The first-order valence-electron chi connectivity index (χ1n) is 14.0. The Bertz CT molecular complexity index is 1830. The number of fused-ring (bicyclic) bond motifs is 2. The van der Waals surface area contributed by atoms with E-state index in [0.29, 0.717) is 23.5 Å². The number of amides is 3.